The third-order valence-electron chi connectivity index (χ3n) is 2.79. The van der Waals surface area contributed by atoms with E-state index in [0.29, 0.717) is 6.04 Å². The van der Waals surface area contributed by atoms with Crippen molar-refractivity contribution in [3.05, 3.63) is 0 Å². The topological polar surface area (TPSA) is 21.3 Å². The summed E-state index contributed by atoms with van der Waals surface area (Å²) in [5, 5.41) is 3.57. The van der Waals surface area contributed by atoms with Gasteiger partial charge in [0.25, 0.3) is 0 Å². The second kappa shape index (κ2) is 9.47. The largest absolute Gasteiger partial charge is 0.385 e. The Morgan fingerprint density at radius 2 is 1.93 bits per heavy atom. The Morgan fingerprint density at radius 3 is 2.43 bits per heavy atom. The van der Waals surface area contributed by atoms with Crippen LogP contribution in [0.15, 0.2) is 0 Å². The van der Waals surface area contributed by atoms with Crippen molar-refractivity contribution in [2.24, 2.45) is 5.92 Å². The number of hydrogen-bond donors (Lipinski definition) is 1. The van der Waals surface area contributed by atoms with E-state index in [1.54, 1.807) is 7.11 Å². The quantitative estimate of drug-likeness (QED) is 0.619. The summed E-state index contributed by atoms with van der Waals surface area (Å²) in [6.45, 7) is 8.77. The molecule has 86 valence electrons. The van der Waals surface area contributed by atoms with E-state index < -0.39 is 0 Å². The molecule has 0 aliphatic heterocycles. The number of ether oxygens (including phenoxy) is 1. The lowest BCUT2D eigenvalue weighted by molar-refractivity contribution is 0.173. The lowest BCUT2D eigenvalue weighted by atomic mass is 10.00. The number of hydrogen-bond acceptors (Lipinski definition) is 2. The van der Waals surface area contributed by atoms with Crippen molar-refractivity contribution in [1.29, 1.82) is 0 Å². The smallest absolute Gasteiger partial charge is 0.0465 e. The molecule has 0 spiro atoms. The Balaban J connectivity index is 3.60. The first kappa shape index (κ1) is 13.9. The average molecular weight is 201 g/mol. The van der Waals surface area contributed by atoms with E-state index in [4.69, 9.17) is 4.74 Å². The molecule has 14 heavy (non-hydrogen) atoms. The number of rotatable bonds is 9. The van der Waals surface area contributed by atoms with Crippen LogP contribution in [0.3, 0.4) is 0 Å². The highest BCUT2D eigenvalue weighted by Crippen LogP contribution is 2.10. The molecule has 0 aromatic heterocycles. The van der Waals surface area contributed by atoms with Crippen LogP contribution < -0.4 is 5.32 Å². The van der Waals surface area contributed by atoms with Crippen molar-refractivity contribution in [3.8, 4) is 0 Å². The summed E-state index contributed by atoms with van der Waals surface area (Å²) >= 11 is 0. The molecule has 0 aliphatic rings. The number of methoxy groups -OCH3 is 1. The zero-order chi connectivity index (χ0) is 10.8. The van der Waals surface area contributed by atoms with Crippen LogP contribution in [0.2, 0.25) is 0 Å². The maximum Gasteiger partial charge on any atom is 0.0465 e. The van der Waals surface area contributed by atoms with E-state index in [0.717, 1.165) is 19.1 Å². The lowest BCUT2D eigenvalue weighted by Gasteiger charge is -2.19. The molecule has 0 saturated heterocycles. The molecule has 0 saturated carbocycles. The molecule has 2 atom stereocenters. The highest BCUT2D eigenvalue weighted by molar-refractivity contribution is 4.65. The standard InChI is InChI=1S/C12H27NO/c1-5-7-12(8-9-14-4)10-13-11(3)6-2/h11-13H,5-10H2,1-4H3/t11-,12-/m0/s1. The fourth-order valence-corrected chi connectivity index (χ4v) is 1.55. The van der Waals surface area contributed by atoms with Gasteiger partial charge in [-0.25, -0.2) is 0 Å². The van der Waals surface area contributed by atoms with Crippen molar-refractivity contribution in [2.75, 3.05) is 20.3 Å². The van der Waals surface area contributed by atoms with Crippen molar-refractivity contribution in [1.82, 2.24) is 5.32 Å². The first-order chi connectivity index (χ1) is 6.74. The van der Waals surface area contributed by atoms with Gasteiger partial charge in [0.05, 0.1) is 0 Å². The van der Waals surface area contributed by atoms with Gasteiger partial charge in [0.15, 0.2) is 0 Å². The highest BCUT2D eigenvalue weighted by atomic mass is 16.5. The molecule has 0 fully saturated rings. The summed E-state index contributed by atoms with van der Waals surface area (Å²) in [5.41, 5.74) is 0. The zero-order valence-electron chi connectivity index (χ0n) is 10.3. The average Bonchev–Trinajstić information content (AvgIpc) is 2.21. The first-order valence-electron chi connectivity index (χ1n) is 5.96. The lowest BCUT2D eigenvalue weighted by Crippen LogP contribution is -2.31. The van der Waals surface area contributed by atoms with E-state index in [-0.39, 0.29) is 0 Å². The van der Waals surface area contributed by atoms with Gasteiger partial charge in [0, 0.05) is 19.8 Å². The summed E-state index contributed by atoms with van der Waals surface area (Å²) in [6, 6.07) is 0.650. The van der Waals surface area contributed by atoms with E-state index in [2.05, 4.69) is 26.1 Å². The fourth-order valence-electron chi connectivity index (χ4n) is 1.55. The van der Waals surface area contributed by atoms with Gasteiger partial charge in [0.2, 0.25) is 0 Å². The van der Waals surface area contributed by atoms with Gasteiger partial charge in [-0.2, -0.15) is 0 Å². The molecule has 2 nitrogen and oxygen atoms in total. The zero-order valence-corrected chi connectivity index (χ0v) is 10.3. The van der Waals surface area contributed by atoms with Crippen LogP contribution in [0.1, 0.15) is 46.5 Å². The van der Waals surface area contributed by atoms with Gasteiger partial charge in [-0.05, 0) is 38.6 Å². The van der Waals surface area contributed by atoms with Gasteiger partial charge in [0.1, 0.15) is 0 Å². The Labute approximate surface area is 89.4 Å². The van der Waals surface area contributed by atoms with Crippen molar-refractivity contribution >= 4 is 0 Å². The third kappa shape index (κ3) is 7.34. The van der Waals surface area contributed by atoms with Gasteiger partial charge in [-0.3, -0.25) is 0 Å². The van der Waals surface area contributed by atoms with Crippen LogP contribution in [0.5, 0.6) is 0 Å². The summed E-state index contributed by atoms with van der Waals surface area (Å²) in [4.78, 5) is 0. The molecule has 0 unspecified atom stereocenters. The molecule has 1 N–H and O–H groups in total. The maximum absolute atomic E-state index is 5.12. The van der Waals surface area contributed by atoms with Crippen molar-refractivity contribution < 1.29 is 4.74 Å². The van der Waals surface area contributed by atoms with Crippen LogP contribution in [-0.4, -0.2) is 26.3 Å². The van der Waals surface area contributed by atoms with Gasteiger partial charge < -0.3 is 10.1 Å². The minimum Gasteiger partial charge on any atom is -0.385 e. The monoisotopic (exact) mass is 201 g/mol. The Morgan fingerprint density at radius 1 is 1.21 bits per heavy atom. The molecule has 0 aromatic rings. The van der Waals surface area contributed by atoms with Crippen LogP contribution in [-0.2, 0) is 4.74 Å². The Bertz CT molecular complexity index is 117. The van der Waals surface area contributed by atoms with Gasteiger partial charge >= 0.3 is 0 Å². The third-order valence-corrected chi connectivity index (χ3v) is 2.79. The summed E-state index contributed by atoms with van der Waals surface area (Å²) in [6.07, 6.45) is 4.99. The molecule has 0 bridgehead atoms. The molecule has 2 heteroatoms. The second-order valence-electron chi connectivity index (χ2n) is 4.15. The first-order valence-corrected chi connectivity index (χ1v) is 5.96. The molecule has 0 heterocycles. The maximum atomic E-state index is 5.12. The molecule has 0 rings (SSSR count). The van der Waals surface area contributed by atoms with Crippen molar-refractivity contribution in [2.45, 2.75) is 52.5 Å². The van der Waals surface area contributed by atoms with Gasteiger partial charge in [-0.15, -0.1) is 0 Å². The van der Waals surface area contributed by atoms with Crippen LogP contribution in [0.25, 0.3) is 0 Å². The van der Waals surface area contributed by atoms with E-state index in [1.807, 2.05) is 0 Å². The van der Waals surface area contributed by atoms with E-state index >= 15 is 0 Å². The minimum absolute atomic E-state index is 0.650. The summed E-state index contributed by atoms with van der Waals surface area (Å²) < 4.78 is 5.12. The Hall–Kier alpha value is -0.0800. The summed E-state index contributed by atoms with van der Waals surface area (Å²) in [7, 11) is 1.78. The fraction of sp³-hybridized carbons (Fsp3) is 1.00. The predicted molar refractivity (Wildman–Crippen MR) is 62.6 cm³/mol. The van der Waals surface area contributed by atoms with Crippen molar-refractivity contribution in [3.63, 3.8) is 0 Å². The molecular formula is C12H27NO. The normalized spacial score (nSPS) is 15.4. The van der Waals surface area contributed by atoms with Crippen LogP contribution >= 0.6 is 0 Å². The van der Waals surface area contributed by atoms with Crippen LogP contribution in [0.4, 0.5) is 0 Å². The van der Waals surface area contributed by atoms with Gasteiger partial charge in [-0.1, -0.05) is 20.3 Å². The number of nitrogens with one attached hydrogen (secondary N) is 1. The molecule has 0 amide bonds. The predicted octanol–water partition coefficient (Wildman–Crippen LogP) is 2.83. The molecule has 0 radical (unpaired) electrons. The Kier molecular flexibility index (Phi) is 9.42. The highest BCUT2D eigenvalue weighted by Gasteiger charge is 2.08. The van der Waals surface area contributed by atoms with E-state index in [9.17, 15) is 0 Å². The summed E-state index contributed by atoms with van der Waals surface area (Å²) in [5.74, 6) is 0.786. The van der Waals surface area contributed by atoms with Crippen LogP contribution in [0, 0.1) is 5.92 Å². The molecule has 0 aliphatic carbocycles. The van der Waals surface area contributed by atoms with E-state index in [1.165, 1.54) is 25.7 Å². The molecular weight excluding hydrogens is 174 g/mol. The SMILES string of the molecule is CCC[C@@H](CCOC)CN[C@@H](C)CC. The minimum atomic E-state index is 0.650. The molecule has 0 aromatic carbocycles. The second-order valence-corrected chi connectivity index (χ2v) is 4.15.